The van der Waals surface area contributed by atoms with Gasteiger partial charge in [0.1, 0.15) is 11.9 Å². The van der Waals surface area contributed by atoms with E-state index >= 15 is 0 Å². The van der Waals surface area contributed by atoms with Gasteiger partial charge in [0.05, 0.1) is 25.1 Å². The van der Waals surface area contributed by atoms with Crippen LogP contribution in [0.2, 0.25) is 0 Å². The number of carbonyl (C=O) groups excluding carboxylic acids is 1. The molecule has 6 nitrogen and oxygen atoms in total. The van der Waals surface area contributed by atoms with Crippen molar-refractivity contribution < 1.29 is 14.1 Å². The fourth-order valence-electron chi connectivity index (χ4n) is 3.56. The van der Waals surface area contributed by atoms with Crippen molar-refractivity contribution in [2.75, 3.05) is 13.1 Å². The van der Waals surface area contributed by atoms with Crippen LogP contribution in [0.5, 0.6) is 5.75 Å². The highest BCUT2D eigenvalue weighted by molar-refractivity contribution is 5.79. The second-order valence-corrected chi connectivity index (χ2v) is 7.49. The standard InChI is InChI=1S/C25H21N3O3/c29-23(15-18-9-3-1-4-10-18)28-16-20(17-28)30-22-14-8-7-13-21(22)25-26-24(27-31-25)19-11-5-2-6-12-19/h1-14,20H,15-17H2. The molecule has 154 valence electrons. The van der Waals surface area contributed by atoms with Gasteiger partial charge in [0, 0.05) is 5.56 Å². The van der Waals surface area contributed by atoms with Crippen LogP contribution in [0.25, 0.3) is 22.8 Å². The maximum Gasteiger partial charge on any atom is 0.262 e. The van der Waals surface area contributed by atoms with Crippen LogP contribution in [0, 0.1) is 0 Å². The van der Waals surface area contributed by atoms with Crippen LogP contribution >= 0.6 is 0 Å². The molecular weight excluding hydrogens is 390 g/mol. The lowest BCUT2D eigenvalue weighted by molar-refractivity contribution is -0.139. The van der Waals surface area contributed by atoms with Gasteiger partial charge < -0.3 is 14.2 Å². The Hall–Kier alpha value is -3.93. The Morgan fingerprint density at radius 3 is 2.39 bits per heavy atom. The normalized spacial score (nSPS) is 13.6. The quantitative estimate of drug-likeness (QED) is 0.475. The van der Waals surface area contributed by atoms with Gasteiger partial charge >= 0.3 is 0 Å². The molecular formula is C25H21N3O3. The highest BCUT2D eigenvalue weighted by Gasteiger charge is 2.32. The summed E-state index contributed by atoms with van der Waals surface area (Å²) in [5.74, 6) is 1.73. The fraction of sp³-hybridized carbons (Fsp3) is 0.160. The second-order valence-electron chi connectivity index (χ2n) is 7.49. The lowest BCUT2D eigenvalue weighted by Gasteiger charge is -2.39. The monoisotopic (exact) mass is 411 g/mol. The molecule has 5 rings (SSSR count). The van der Waals surface area contributed by atoms with E-state index in [1.807, 2.05) is 89.8 Å². The first-order chi connectivity index (χ1) is 15.3. The number of amides is 1. The average molecular weight is 411 g/mol. The Morgan fingerprint density at radius 2 is 1.61 bits per heavy atom. The van der Waals surface area contributed by atoms with Crippen molar-refractivity contribution in [3.05, 3.63) is 90.5 Å². The Balaban J connectivity index is 1.24. The van der Waals surface area contributed by atoms with E-state index in [0.717, 1.165) is 16.7 Å². The highest BCUT2D eigenvalue weighted by Crippen LogP contribution is 2.32. The van der Waals surface area contributed by atoms with E-state index in [4.69, 9.17) is 9.26 Å². The molecule has 0 radical (unpaired) electrons. The predicted octanol–water partition coefficient (Wildman–Crippen LogP) is 4.24. The van der Waals surface area contributed by atoms with Crippen LogP contribution in [0.4, 0.5) is 0 Å². The molecule has 0 unspecified atom stereocenters. The number of aromatic nitrogens is 2. The molecule has 31 heavy (non-hydrogen) atoms. The molecule has 3 aromatic carbocycles. The van der Waals surface area contributed by atoms with E-state index < -0.39 is 0 Å². The summed E-state index contributed by atoms with van der Waals surface area (Å²) < 4.78 is 11.7. The van der Waals surface area contributed by atoms with Crippen LogP contribution in [0.15, 0.2) is 89.5 Å². The Labute approximate surface area is 180 Å². The van der Waals surface area contributed by atoms with Gasteiger partial charge in [0.15, 0.2) is 0 Å². The summed E-state index contributed by atoms with van der Waals surface area (Å²) in [5, 5.41) is 4.10. The van der Waals surface area contributed by atoms with Crippen LogP contribution < -0.4 is 4.74 Å². The Morgan fingerprint density at radius 1 is 0.935 bits per heavy atom. The molecule has 0 aliphatic carbocycles. The molecule has 1 amide bonds. The fourth-order valence-corrected chi connectivity index (χ4v) is 3.56. The van der Waals surface area contributed by atoms with Crippen molar-refractivity contribution >= 4 is 5.91 Å². The summed E-state index contributed by atoms with van der Waals surface area (Å²) in [7, 11) is 0. The lowest BCUT2D eigenvalue weighted by Crippen LogP contribution is -2.56. The smallest absolute Gasteiger partial charge is 0.262 e. The van der Waals surface area contributed by atoms with E-state index in [1.165, 1.54) is 0 Å². The van der Waals surface area contributed by atoms with Gasteiger partial charge in [-0.2, -0.15) is 4.98 Å². The second kappa shape index (κ2) is 8.44. The van der Waals surface area contributed by atoms with Crippen molar-refractivity contribution in [2.24, 2.45) is 0 Å². The first kappa shape index (κ1) is 19.1. The minimum Gasteiger partial charge on any atom is -0.486 e. The number of hydrogen-bond donors (Lipinski definition) is 0. The molecule has 1 aliphatic heterocycles. The molecule has 2 heterocycles. The van der Waals surface area contributed by atoms with Crippen molar-refractivity contribution in [3.63, 3.8) is 0 Å². The number of benzene rings is 3. The van der Waals surface area contributed by atoms with Gasteiger partial charge in [-0.3, -0.25) is 4.79 Å². The van der Waals surface area contributed by atoms with Gasteiger partial charge in [0.25, 0.3) is 5.89 Å². The number of carbonyl (C=O) groups is 1. The minimum absolute atomic E-state index is 0.0580. The lowest BCUT2D eigenvalue weighted by atomic mass is 10.1. The van der Waals surface area contributed by atoms with E-state index in [1.54, 1.807) is 0 Å². The topological polar surface area (TPSA) is 68.5 Å². The third kappa shape index (κ3) is 4.19. The number of para-hydroxylation sites is 1. The number of nitrogens with zero attached hydrogens (tertiary/aromatic N) is 3. The third-order valence-electron chi connectivity index (χ3n) is 5.27. The molecule has 0 spiro atoms. The summed E-state index contributed by atoms with van der Waals surface area (Å²) in [6.45, 7) is 1.14. The van der Waals surface area contributed by atoms with Crippen LogP contribution in [0.1, 0.15) is 5.56 Å². The van der Waals surface area contributed by atoms with Crippen LogP contribution in [-0.2, 0) is 11.2 Å². The summed E-state index contributed by atoms with van der Waals surface area (Å²) in [6, 6.07) is 27.1. The molecule has 1 aliphatic rings. The first-order valence-electron chi connectivity index (χ1n) is 10.2. The average Bonchev–Trinajstić information content (AvgIpc) is 3.27. The number of hydrogen-bond acceptors (Lipinski definition) is 5. The van der Waals surface area contributed by atoms with Crippen LogP contribution in [0.3, 0.4) is 0 Å². The number of rotatable bonds is 6. The maximum absolute atomic E-state index is 12.5. The largest absolute Gasteiger partial charge is 0.486 e. The zero-order valence-electron chi connectivity index (χ0n) is 16.8. The van der Waals surface area contributed by atoms with Crippen molar-refractivity contribution in [1.29, 1.82) is 0 Å². The number of likely N-dealkylation sites (tertiary alicyclic amines) is 1. The van der Waals surface area contributed by atoms with E-state index in [2.05, 4.69) is 10.1 Å². The van der Waals surface area contributed by atoms with E-state index in [-0.39, 0.29) is 12.0 Å². The predicted molar refractivity (Wildman–Crippen MR) is 116 cm³/mol. The van der Waals surface area contributed by atoms with Gasteiger partial charge in [-0.1, -0.05) is 78.0 Å². The molecule has 1 fully saturated rings. The van der Waals surface area contributed by atoms with Crippen molar-refractivity contribution in [2.45, 2.75) is 12.5 Å². The summed E-state index contributed by atoms with van der Waals surface area (Å²) in [5.41, 5.74) is 2.65. The molecule has 0 N–H and O–H groups in total. The van der Waals surface area contributed by atoms with Crippen molar-refractivity contribution in [1.82, 2.24) is 15.0 Å². The minimum atomic E-state index is -0.0580. The molecule has 1 saturated heterocycles. The third-order valence-corrected chi connectivity index (χ3v) is 5.27. The van der Waals surface area contributed by atoms with Crippen molar-refractivity contribution in [3.8, 4) is 28.6 Å². The molecule has 0 atom stereocenters. The number of ether oxygens (including phenoxy) is 1. The summed E-state index contributed by atoms with van der Waals surface area (Å²) in [4.78, 5) is 18.8. The molecule has 0 bridgehead atoms. The first-order valence-corrected chi connectivity index (χ1v) is 10.2. The Bertz CT molecular complexity index is 1170. The van der Waals surface area contributed by atoms with Crippen LogP contribution in [-0.4, -0.2) is 40.1 Å². The molecule has 4 aromatic rings. The van der Waals surface area contributed by atoms with Gasteiger partial charge in [0.2, 0.25) is 11.7 Å². The summed E-state index contributed by atoms with van der Waals surface area (Å²) in [6.07, 6.45) is 0.353. The van der Waals surface area contributed by atoms with Gasteiger partial charge in [-0.15, -0.1) is 0 Å². The van der Waals surface area contributed by atoms with Gasteiger partial charge in [-0.05, 0) is 17.7 Å². The summed E-state index contributed by atoms with van der Waals surface area (Å²) >= 11 is 0. The van der Waals surface area contributed by atoms with Gasteiger partial charge in [-0.25, -0.2) is 0 Å². The SMILES string of the molecule is O=C(Cc1ccccc1)N1CC(Oc2ccccc2-c2nc(-c3ccccc3)no2)C1. The highest BCUT2D eigenvalue weighted by atomic mass is 16.5. The zero-order valence-corrected chi connectivity index (χ0v) is 16.8. The molecule has 6 heteroatoms. The van der Waals surface area contributed by atoms with E-state index in [9.17, 15) is 4.79 Å². The zero-order chi connectivity index (χ0) is 21.0. The van der Waals surface area contributed by atoms with E-state index in [0.29, 0.717) is 37.0 Å². The Kier molecular flexibility index (Phi) is 5.19. The molecule has 0 saturated carbocycles. The maximum atomic E-state index is 12.5. The molecule has 1 aromatic heterocycles.